The Labute approximate surface area is 101 Å². The number of halogens is 3. The van der Waals surface area contributed by atoms with Crippen molar-refractivity contribution in [1.29, 1.82) is 0 Å². The van der Waals surface area contributed by atoms with Crippen LogP contribution >= 0.6 is 11.3 Å². The molecule has 0 aliphatic rings. The van der Waals surface area contributed by atoms with Gasteiger partial charge >= 0.3 is 6.18 Å². The second-order valence-corrected chi connectivity index (χ2v) is 4.85. The van der Waals surface area contributed by atoms with Gasteiger partial charge in [-0.25, -0.2) is 0 Å². The van der Waals surface area contributed by atoms with E-state index in [0.717, 1.165) is 4.88 Å². The van der Waals surface area contributed by atoms with Gasteiger partial charge in [0.05, 0.1) is 4.88 Å². The molecule has 0 aliphatic carbocycles. The minimum atomic E-state index is -4.17. The van der Waals surface area contributed by atoms with E-state index in [-0.39, 0.29) is 18.9 Å². The number of hydrogen-bond donors (Lipinski definition) is 2. The number of amides is 1. The van der Waals surface area contributed by atoms with Crippen LogP contribution in [-0.4, -0.2) is 18.6 Å². The minimum Gasteiger partial charge on any atom is -0.398 e. The largest absolute Gasteiger partial charge is 0.398 e. The van der Waals surface area contributed by atoms with E-state index in [2.05, 4.69) is 5.32 Å². The average Bonchev–Trinajstić information content (AvgIpc) is 2.52. The smallest absolute Gasteiger partial charge is 0.389 e. The zero-order valence-electron chi connectivity index (χ0n) is 9.23. The van der Waals surface area contributed by atoms with Crippen molar-refractivity contribution in [2.24, 2.45) is 0 Å². The molecule has 0 saturated heterocycles. The molecule has 0 aromatic carbocycles. The quantitative estimate of drug-likeness (QED) is 0.823. The standard InChI is InChI=1S/C10H13F3N2OS/c1-6-7(14)5-8(17-6)9(16)15-4-2-3-10(11,12)13/h5H,2-4,14H2,1H3,(H,15,16). The van der Waals surface area contributed by atoms with Crippen LogP contribution in [0.15, 0.2) is 6.07 Å². The normalized spacial score (nSPS) is 11.5. The van der Waals surface area contributed by atoms with Gasteiger partial charge in [0, 0.05) is 23.5 Å². The third-order valence-electron chi connectivity index (χ3n) is 2.10. The molecule has 1 aromatic heterocycles. The van der Waals surface area contributed by atoms with Gasteiger partial charge < -0.3 is 11.1 Å². The molecule has 3 N–H and O–H groups in total. The monoisotopic (exact) mass is 266 g/mol. The number of carbonyl (C=O) groups excluding carboxylic acids is 1. The molecule has 1 amide bonds. The molecule has 1 heterocycles. The van der Waals surface area contributed by atoms with Crippen LogP contribution in [-0.2, 0) is 0 Å². The molecule has 1 rings (SSSR count). The van der Waals surface area contributed by atoms with Crippen LogP contribution in [0, 0.1) is 6.92 Å². The predicted octanol–water partition coefficient (Wildman–Crippen LogP) is 2.71. The topological polar surface area (TPSA) is 55.1 Å². The molecule has 0 fully saturated rings. The Hall–Kier alpha value is -1.24. The summed E-state index contributed by atoms with van der Waals surface area (Å²) in [7, 11) is 0. The van der Waals surface area contributed by atoms with E-state index >= 15 is 0 Å². The lowest BCUT2D eigenvalue weighted by Crippen LogP contribution is -2.24. The first-order valence-electron chi connectivity index (χ1n) is 5.00. The first-order chi connectivity index (χ1) is 7.79. The lowest BCUT2D eigenvalue weighted by Gasteiger charge is -2.06. The molecule has 0 spiro atoms. The van der Waals surface area contributed by atoms with Crippen LogP contribution in [0.5, 0.6) is 0 Å². The van der Waals surface area contributed by atoms with Gasteiger partial charge in [-0.15, -0.1) is 11.3 Å². The first-order valence-corrected chi connectivity index (χ1v) is 5.82. The number of thiophene rings is 1. The van der Waals surface area contributed by atoms with Crippen molar-refractivity contribution >= 4 is 22.9 Å². The van der Waals surface area contributed by atoms with Crippen molar-refractivity contribution in [1.82, 2.24) is 5.32 Å². The maximum Gasteiger partial charge on any atom is 0.389 e. The Balaban J connectivity index is 2.35. The van der Waals surface area contributed by atoms with Crippen LogP contribution in [0.3, 0.4) is 0 Å². The Kier molecular flexibility index (Phi) is 4.39. The predicted molar refractivity (Wildman–Crippen MR) is 61.1 cm³/mol. The molecule has 0 bridgehead atoms. The molecule has 0 aliphatic heterocycles. The summed E-state index contributed by atoms with van der Waals surface area (Å²) in [6.07, 6.45) is -5.18. The van der Waals surface area contributed by atoms with Gasteiger partial charge in [0.15, 0.2) is 0 Å². The maximum atomic E-state index is 11.8. The summed E-state index contributed by atoms with van der Waals surface area (Å²) < 4.78 is 35.5. The molecule has 3 nitrogen and oxygen atoms in total. The fourth-order valence-electron chi connectivity index (χ4n) is 1.19. The molecule has 0 atom stereocenters. The molecule has 7 heteroatoms. The summed E-state index contributed by atoms with van der Waals surface area (Å²) in [4.78, 5) is 12.7. The van der Waals surface area contributed by atoms with E-state index < -0.39 is 12.6 Å². The second kappa shape index (κ2) is 5.39. The van der Waals surface area contributed by atoms with Crippen LogP contribution in [0.1, 0.15) is 27.4 Å². The molecular weight excluding hydrogens is 253 g/mol. The van der Waals surface area contributed by atoms with E-state index in [9.17, 15) is 18.0 Å². The Morgan fingerprint density at radius 2 is 2.18 bits per heavy atom. The Bertz CT molecular complexity index is 381. The molecule has 17 heavy (non-hydrogen) atoms. The third kappa shape index (κ3) is 4.64. The maximum absolute atomic E-state index is 11.8. The average molecular weight is 266 g/mol. The zero-order valence-corrected chi connectivity index (χ0v) is 10.0. The summed E-state index contributed by atoms with van der Waals surface area (Å²) in [5.74, 6) is -0.378. The molecule has 0 radical (unpaired) electrons. The van der Waals surface area contributed by atoms with Gasteiger partial charge in [0.2, 0.25) is 0 Å². The number of nitrogens with one attached hydrogen (secondary N) is 1. The van der Waals surface area contributed by atoms with Crippen LogP contribution in [0.2, 0.25) is 0 Å². The van der Waals surface area contributed by atoms with Crippen molar-refractivity contribution in [2.75, 3.05) is 12.3 Å². The minimum absolute atomic E-state index is 0.00912. The highest BCUT2D eigenvalue weighted by Gasteiger charge is 2.26. The van der Waals surface area contributed by atoms with Gasteiger partial charge in [-0.1, -0.05) is 0 Å². The number of carbonyl (C=O) groups is 1. The van der Waals surface area contributed by atoms with Crippen molar-refractivity contribution in [3.63, 3.8) is 0 Å². The highest BCUT2D eigenvalue weighted by Crippen LogP contribution is 2.23. The highest BCUT2D eigenvalue weighted by atomic mass is 32.1. The summed E-state index contributed by atoms with van der Waals surface area (Å²) in [6, 6.07) is 1.53. The van der Waals surface area contributed by atoms with Gasteiger partial charge in [-0.05, 0) is 19.4 Å². The summed E-state index contributed by atoms with van der Waals surface area (Å²) >= 11 is 1.23. The third-order valence-corrected chi connectivity index (χ3v) is 3.17. The summed E-state index contributed by atoms with van der Waals surface area (Å²) in [5, 5.41) is 2.43. The van der Waals surface area contributed by atoms with Crippen molar-refractivity contribution in [3.8, 4) is 0 Å². The fourth-order valence-corrected chi connectivity index (χ4v) is 2.04. The van der Waals surface area contributed by atoms with Crippen LogP contribution in [0.4, 0.5) is 18.9 Å². The molecular formula is C10H13F3N2OS. The number of nitrogen functional groups attached to an aromatic ring is 1. The van der Waals surface area contributed by atoms with Crippen LogP contribution < -0.4 is 11.1 Å². The van der Waals surface area contributed by atoms with Crippen molar-refractivity contribution in [3.05, 3.63) is 15.8 Å². The zero-order chi connectivity index (χ0) is 13.1. The number of hydrogen-bond acceptors (Lipinski definition) is 3. The number of anilines is 1. The van der Waals surface area contributed by atoms with E-state index in [1.807, 2.05) is 0 Å². The SMILES string of the molecule is Cc1sc(C(=O)NCCCC(F)(F)F)cc1N. The molecule has 1 aromatic rings. The Morgan fingerprint density at radius 3 is 2.65 bits per heavy atom. The molecule has 96 valence electrons. The van der Waals surface area contributed by atoms with E-state index in [0.29, 0.717) is 10.6 Å². The number of rotatable bonds is 4. The molecule has 0 unspecified atom stereocenters. The summed E-state index contributed by atoms with van der Waals surface area (Å²) in [5.41, 5.74) is 6.10. The highest BCUT2D eigenvalue weighted by molar-refractivity contribution is 7.14. The van der Waals surface area contributed by atoms with Gasteiger partial charge in [0.1, 0.15) is 0 Å². The van der Waals surface area contributed by atoms with Crippen LogP contribution in [0.25, 0.3) is 0 Å². The first kappa shape index (κ1) is 13.8. The number of nitrogens with two attached hydrogens (primary N) is 1. The lowest BCUT2D eigenvalue weighted by molar-refractivity contribution is -0.135. The van der Waals surface area contributed by atoms with Crippen molar-refractivity contribution < 1.29 is 18.0 Å². The lowest BCUT2D eigenvalue weighted by atomic mass is 10.3. The van der Waals surface area contributed by atoms with Gasteiger partial charge in [-0.3, -0.25) is 4.79 Å². The molecule has 0 saturated carbocycles. The summed E-state index contributed by atoms with van der Waals surface area (Å²) in [6.45, 7) is 1.79. The van der Waals surface area contributed by atoms with E-state index in [1.165, 1.54) is 17.4 Å². The number of alkyl halides is 3. The fraction of sp³-hybridized carbons (Fsp3) is 0.500. The number of aryl methyl sites for hydroxylation is 1. The van der Waals surface area contributed by atoms with E-state index in [4.69, 9.17) is 5.73 Å². The van der Waals surface area contributed by atoms with E-state index in [1.54, 1.807) is 6.92 Å². The Morgan fingerprint density at radius 1 is 1.53 bits per heavy atom. The van der Waals surface area contributed by atoms with Gasteiger partial charge in [0.25, 0.3) is 5.91 Å². The second-order valence-electron chi connectivity index (χ2n) is 3.60. The van der Waals surface area contributed by atoms with Gasteiger partial charge in [-0.2, -0.15) is 13.2 Å². The van der Waals surface area contributed by atoms with Crippen molar-refractivity contribution in [2.45, 2.75) is 25.9 Å².